The number of fused-ring (bicyclic) bond motifs is 1. The van der Waals surface area contributed by atoms with Gasteiger partial charge in [-0.3, -0.25) is 0 Å². The fourth-order valence-electron chi connectivity index (χ4n) is 3.19. The van der Waals surface area contributed by atoms with Crippen molar-refractivity contribution in [2.45, 2.75) is 6.92 Å². The van der Waals surface area contributed by atoms with E-state index < -0.39 is 0 Å². The molecule has 7 heteroatoms. The number of nitrogens with zero attached hydrogens (tertiary/aromatic N) is 3. The highest BCUT2D eigenvalue weighted by Crippen LogP contribution is 2.30. The Morgan fingerprint density at radius 2 is 1.61 bits per heavy atom. The van der Waals surface area contributed by atoms with E-state index in [9.17, 15) is 0 Å². The zero-order valence-electron chi connectivity index (χ0n) is 16.7. The number of aromatic amines is 1. The van der Waals surface area contributed by atoms with Crippen LogP contribution in [-0.2, 0) is 0 Å². The van der Waals surface area contributed by atoms with Crippen molar-refractivity contribution in [3.05, 3.63) is 84.6 Å². The first-order valence-electron chi connectivity index (χ1n) is 9.74. The minimum Gasteiger partial charge on any atom is -0.457 e. The zero-order chi connectivity index (χ0) is 21.2. The van der Waals surface area contributed by atoms with E-state index in [1.165, 1.54) is 6.20 Å². The number of hydrogen-bond acceptors (Lipinski definition) is 6. The number of nitrogen functional groups attached to an aromatic ring is 1. The smallest absolute Gasteiger partial charge is 0.238 e. The van der Waals surface area contributed by atoms with Gasteiger partial charge in [0.05, 0.1) is 17.2 Å². The molecule has 0 aliphatic rings. The lowest BCUT2D eigenvalue weighted by molar-refractivity contribution is 0.448. The maximum absolute atomic E-state index is 6.07. The van der Waals surface area contributed by atoms with Crippen molar-refractivity contribution in [3.63, 3.8) is 0 Å². The molecule has 0 bridgehead atoms. The van der Waals surface area contributed by atoms with Crippen molar-refractivity contribution < 1.29 is 13.8 Å². The summed E-state index contributed by atoms with van der Waals surface area (Å²) in [4.78, 5) is 16.6. The predicted molar refractivity (Wildman–Crippen MR) is 126 cm³/mol. The standard InChI is InChI=1S/C24H19N5O2.3H2/c1-15-10-11-19-20(12-15)28-24(27-19)22-23(25)26-14-21(29-22)31-18-9-5-8-17(13-18)30-16-6-3-2-4-7-16;;;/h2-14H,1H3,(H2,25,26)(H,27,28);3*1H. The molecular weight excluding hydrogens is 390 g/mol. The second kappa shape index (κ2) is 7.79. The molecule has 3 N–H and O–H groups in total. The maximum atomic E-state index is 6.07. The van der Waals surface area contributed by atoms with E-state index in [1.54, 1.807) is 6.07 Å². The molecule has 2 heterocycles. The number of nitrogens with two attached hydrogens (primary N) is 1. The molecule has 0 unspecified atom stereocenters. The van der Waals surface area contributed by atoms with Crippen LogP contribution in [0.3, 0.4) is 0 Å². The summed E-state index contributed by atoms with van der Waals surface area (Å²) in [5, 5.41) is 0. The Balaban J connectivity index is 0.00000136. The summed E-state index contributed by atoms with van der Waals surface area (Å²) >= 11 is 0. The minimum absolute atomic E-state index is 0. The van der Waals surface area contributed by atoms with Gasteiger partial charge in [-0.2, -0.15) is 0 Å². The van der Waals surface area contributed by atoms with E-state index >= 15 is 0 Å². The van der Waals surface area contributed by atoms with Gasteiger partial charge in [-0.1, -0.05) is 30.3 Å². The Hall–Kier alpha value is -4.39. The van der Waals surface area contributed by atoms with Gasteiger partial charge in [-0.15, -0.1) is 0 Å². The highest BCUT2D eigenvalue weighted by Gasteiger charge is 2.14. The minimum atomic E-state index is 0. The fraction of sp³-hybridized carbons (Fsp3) is 0.0417. The van der Waals surface area contributed by atoms with Crippen LogP contribution in [-0.4, -0.2) is 19.9 Å². The Labute approximate surface area is 183 Å². The van der Waals surface area contributed by atoms with Crippen LogP contribution in [0, 0.1) is 6.92 Å². The average molecular weight is 415 g/mol. The molecule has 0 radical (unpaired) electrons. The average Bonchev–Trinajstić information content (AvgIpc) is 3.19. The predicted octanol–water partition coefficient (Wildman–Crippen LogP) is 6.23. The quantitative estimate of drug-likeness (QED) is 0.353. The van der Waals surface area contributed by atoms with Gasteiger partial charge in [0.15, 0.2) is 17.3 Å². The lowest BCUT2D eigenvalue weighted by Gasteiger charge is -2.09. The van der Waals surface area contributed by atoms with E-state index in [0.29, 0.717) is 28.9 Å². The van der Waals surface area contributed by atoms with Crippen LogP contribution in [0.15, 0.2) is 79.0 Å². The number of aryl methyl sites for hydroxylation is 1. The van der Waals surface area contributed by atoms with Crippen molar-refractivity contribution >= 4 is 16.9 Å². The van der Waals surface area contributed by atoms with Gasteiger partial charge in [0.2, 0.25) is 5.88 Å². The van der Waals surface area contributed by atoms with Gasteiger partial charge in [0.25, 0.3) is 0 Å². The first-order chi connectivity index (χ1) is 15.1. The van der Waals surface area contributed by atoms with Crippen molar-refractivity contribution in [1.82, 2.24) is 19.9 Å². The molecule has 0 saturated carbocycles. The molecule has 0 aliphatic carbocycles. The lowest BCUT2D eigenvalue weighted by Crippen LogP contribution is -2.00. The number of para-hydroxylation sites is 1. The van der Waals surface area contributed by atoms with Crippen LogP contribution in [0.2, 0.25) is 0 Å². The molecule has 0 atom stereocenters. The highest BCUT2D eigenvalue weighted by molar-refractivity contribution is 5.81. The van der Waals surface area contributed by atoms with Gasteiger partial charge < -0.3 is 20.2 Å². The summed E-state index contributed by atoms with van der Waals surface area (Å²) in [6.45, 7) is 2.03. The van der Waals surface area contributed by atoms with Crippen molar-refractivity contribution in [3.8, 4) is 34.6 Å². The van der Waals surface area contributed by atoms with Gasteiger partial charge in [0.1, 0.15) is 17.2 Å². The normalized spacial score (nSPS) is 10.9. The van der Waals surface area contributed by atoms with Gasteiger partial charge >= 0.3 is 0 Å². The molecular formula is C24H25N5O2. The molecule has 7 nitrogen and oxygen atoms in total. The third-order valence-corrected chi connectivity index (χ3v) is 4.65. The molecule has 0 amide bonds. The first-order valence-corrected chi connectivity index (χ1v) is 9.74. The molecule has 0 spiro atoms. The van der Waals surface area contributed by atoms with Crippen molar-refractivity contribution in [2.24, 2.45) is 0 Å². The third-order valence-electron chi connectivity index (χ3n) is 4.65. The molecule has 158 valence electrons. The molecule has 0 fully saturated rings. The topological polar surface area (TPSA) is 98.9 Å². The summed E-state index contributed by atoms with van der Waals surface area (Å²) < 4.78 is 11.8. The largest absolute Gasteiger partial charge is 0.457 e. The number of aromatic nitrogens is 4. The second-order valence-corrected chi connectivity index (χ2v) is 7.04. The highest BCUT2D eigenvalue weighted by atomic mass is 16.5. The Morgan fingerprint density at radius 1 is 0.839 bits per heavy atom. The summed E-state index contributed by atoms with van der Waals surface area (Å²) in [6.07, 6.45) is 1.48. The Bertz CT molecular complexity index is 1380. The number of ether oxygens (including phenoxy) is 2. The molecule has 3 aromatic carbocycles. The molecule has 5 rings (SSSR count). The molecule has 2 aromatic heterocycles. The molecule has 5 aromatic rings. The van der Waals surface area contributed by atoms with Gasteiger partial charge in [-0.05, 0) is 48.9 Å². The molecule has 0 saturated heterocycles. The van der Waals surface area contributed by atoms with E-state index in [0.717, 1.165) is 22.3 Å². The number of anilines is 1. The van der Waals surface area contributed by atoms with Gasteiger partial charge in [0, 0.05) is 10.3 Å². The van der Waals surface area contributed by atoms with Gasteiger partial charge in [-0.25, -0.2) is 15.0 Å². The van der Waals surface area contributed by atoms with Crippen LogP contribution < -0.4 is 15.2 Å². The van der Waals surface area contributed by atoms with Crippen LogP contribution in [0.25, 0.3) is 22.6 Å². The Kier molecular flexibility index (Phi) is 4.68. The molecule has 31 heavy (non-hydrogen) atoms. The monoisotopic (exact) mass is 415 g/mol. The SMILES string of the molecule is Cc1ccc2nc(-c3nc(Oc4cccc(Oc5ccccc5)c4)cnc3N)[nH]c2c1.[HH].[HH].[HH]. The van der Waals surface area contributed by atoms with E-state index in [4.69, 9.17) is 15.2 Å². The number of hydrogen-bond donors (Lipinski definition) is 2. The lowest BCUT2D eigenvalue weighted by atomic mass is 10.2. The van der Waals surface area contributed by atoms with E-state index in [1.807, 2.05) is 73.7 Å². The van der Waals surface area contributed by atoms with Crippen LogP contribution in [0.4, 0.5) is 5.82 Å². The van der Waals surface area contributed by atoms with Crippen molar-refractivity contribution in [1.29, 1.82) is 0 Å². The number of rotatable bonds is 5. The fourth-order valence-corrected chi connectivity index (χ4v) is 3.19. The summed E-state index contributed by atoms with van der Waals surface area (Å²) in [7, 11) is 0. The Morgan fingerprint density at radius 3 is 2.45 bits per heavy atom. The maximum Gasteiger partial charge on any atom is 0.238 e. The van der Waals surface area contributed by atoms with Crippen LogP contribution in [0.5, 0.6) is 23.1 Å². The number of nitrogens with one attached hydrogen (secondary N) is 1. The second-order valence-electron chi connectivity index (χ2n) is 7.04. The summed E-state index contributed by atoms with van der Waals surface area (Å²) in [5.41, 5.74) is 9.38. The van der Waals surface area contributed by atoms with Crippen LogP contribution in [0.1, 0.15) is 9.84 Å². The summed E-state index contributed by atoms with van der Waals surface area (Å²) in [5.74, 6) is 3.08. The third kappa shape index (κ3) is 4.02. The zero-order valence-corrected chi connectivity index (χ0v) is 16.7. The number of H-pyrrole nitrogens is 1. The first kappa shape index (κ1) is 18.6. The van der Waals surface area contributed by atoms with Crippen LogP contribution >= 0.6 is 0 Å². The van der Waals surface area contributed by atoms with Crippen molar-refractivity contribution in [2.75, 3.05) is 5.73 Å². The number of imidazole rings is 1. The molecule has 0 aliphatic heterocycles. The van der Waals surface area contributed by atoms with E-state index in [2.05, 4.69) is 19.9 Å². The van der Waals surface area contributed by atoms with E-state index in [-0.39, 0.29) is 10.1 Å². The summed E-state index contributed by atoms with van der Waals surface area (Å²) in [6, 6.07) is 22.8. The number of benzene rings is 3.